The summed E-state index contributed by atoms with van der Waals surface area (Å²) in [5, 5.41) is 7.37. The van der Waals surface area contributed by atoms with Crippen LogP contribution in [0.1, 0.15) is 12.1 Å². The topological polar surface area (TPSA) is 78.9 Å². The fourth-order valence-electron chi connectivity index (χ4n) is 1.75. The maximum absolute atomic E-state index is 7.37. The lowest BCUT2D eigenvalue weighted by Crippen LogP contribution is -2.25. The largest absolute Gasteiger partial charge is 0.388 e. The Bertz CT molecular complexity index is 553. The first-order chi connectivity index (χ1) is 9.16. The van der Waals surface area contributed by atoms with Crippen LogP contribution < -0.4 is 10.6 Å². The predicted molar refractivity (Wildman–Crippen MR) is 76.7 cm³/mol. The number of nitrogens with one attached hydrogen (secondary N) is 1. The van der Waals surface area contributed by atoms with Crippen molar-refractivity contribution in [2.45, 2.75) is 13.3 Å². The van der Waals surface area contributed by atoms with Crippen molar-refractivity contribution in [1.29, 1.82) is 5.41 Å². The lowest BCUT2D eigenvalue weighted by atomic mass is 10.2. The van der Waals surface area contributed by atoms with Gasteiger partial charge in [0.2, 0.25) is 5.95 Å². The molecule has 0 spiro atoms. The number of nitrogens with zero attached hydrogens (tertiary/aromatic N) is 3. The van der Waals surface area contributed by atoms with Crippen molar-refractivity contribution in [2.24, 2.45) is 5.73 Å². The Labute approximate surface area is 112 Å². The zero-order valence-corrected chi connectivity index (χ0v) is 10.9. The van der Waals surface area contributed by atoms with Crippen LogP contribution in [0.2, 0.25) is 0 Å². The Morgan fingerprint density at radius 3 is 2.63 bits per heavy atom. The maximum atomic E-state index is 7.37. The molecular formula is C14H17N5. The van der Waals surface area contributed by atoms with E-state index in [1.807, 2.05) is 48.2 Å². The van der Waals surface area contributed by atoms with Crippen molar-refractivity contribution in [1.82, 2.24) is 9.97 Å². The van der Waals surface area contributed by atoms with E-state index in [2.05, 4.69) is 9.97 Å². The van der Waals surface area contributed by atoms with Crippen LogP contribution in [0, 0.1) is 12.3 Å². The van der Waals surface area contributed by atoms with Crippen LogP contribution in [0.25, 0.3) is 0 Å². The van der Waals surface area contributed by atoms with Crippen LogP contribution in [0.3, 0.4) is 0 Å². The molecule has 1 aromatic heterocycles. The normalized spacial score (nSPS) is 10.2. The van der Waals surface area contributed by atoms with Gasteiger partial charge in [0, 0.05) is 30.5 Å². The lowest BCUT2D eigenvalue weighted by Gasteiger charge is -2.22. The zero-order chi connectivity index (χ0) is 13.7. The summed E-state index contributed by atoms with van der Waals surface area (Å²) < 4.78 is 0. The predicted octanol–water partition coefficient (Wildman–Crippen LogP) is 2.25. The summed E-state index contributed by atoms with van der Waals surface area (Å²) in [6, 6.07) is 11.7. The van der Waals surface area contributed by atoms with Crippen molar-refractivity contribution < 1.29 is 0 Å². The molecule has 0 aliphatic heterocycles. The standard InChI is InChI=1S/C14H17N5/c1-11-7-9-17-14(18-11)19(10-8-13(15)16)12-5-3-2-4-6-12/h2-7,9H,8,10H2,1H3,(H3,15,16). The molecule has 1 aromatic carbocycles. The molecule has 0 amide bonds. The van der Waals surface area contributed by atoms with Crippen molar-refractivity contribution in [3.63, 3.8) is 0 Å². The number of nitrogens with two attached hydrogens (primary N) is 1. The molecule has 0 aliphatic carbocycles. The average Bonchev–Trinajstić information content (AvgIpc) is 2.40. The van der Waals surface area contributed by atoms with Gasteiger partial charge < -0.3 is 10.6 Å². The second-order valence-electron chi connectivity index (χ2n) is 4.26. The molecule has 0 saturated carbocycles. The van der Waals surface area contributed by atoms with E-state index in [-0.39, 0.29) is 5.84 Å². The molecule has 2 aromatic rings. The Balaban J connectivity index is 2.31. The fourth-order valence-corrected chi connectivity index (χ4v) is 1.75. The third-order valence-corrected chi connectivity index (χ3v) is 2.70. The number of amidine groups is 1. The van der Waals surface area contributed by atoms with Crippen LogP contribution in [-0.2, 0) is 0 Å². The van der Waals surface area contributed by atoms with Crippen LogP contribution in [0.5, 0.6) is 0 Å². The molecule has 0 aliphatic rings. The van der Waals surface area contributed by atoms with E-state index in [9.17, 15) is 0 Å². The van der Waals surface area contributed by atoms with Gasteiger partial charge in [-0.05, 0) is 25.1 Å². The van der Waals surface area contributed by atoms with Gasteiger partial charge in [-0.25, -0.2) is 9.97 Å². The number of aryl methyl sites for hydroxylation is 1. The van der Waals surface area contributed by atoms with E-state index in [0.717, 1.165) is 11.4 Å². The third kappa shape index (κ3) is 3.51. The van der Waals surface area contributed by atoms with E-state index in [0.29, 0.717) is 18.9 Å². The first-order valence-corrected chi connectivity index (χ1v) is 6.12. The number of hydrogen-bond acceptors (Lipinski definition) is 4. The fraction of sp³-hybridized carbons (Fsp3) is 0.214. The molecule has 2 rings (SSSR count). The van der Waals surface area contributed by atoms with Gasteiger partial charge in [-0.15, -0.1) is 0 Å². The van der Waals surface area contributed by atoms with E-state index in [1.54, 1.807) is 6.20 Å². The molecule has 0 atom stereocenters. The van der Waals surface area contributed by atoms with Gasteiger partial charge in [-0.2, -0.15) is 0 Å². The Morgan fingerprint density at radius 1 is 1.26 bits per heavy atom. The maximum Gasteiger partial charge on any atom is 0.230 e. The lowest BCUT2D eigenvalue weighted by molar-refractivity contribution is 0.895. The minimum absolute atomic E-state index is 0.161. The molecule has 1 heterocycles. The number of anilines is 2. The number of hydrogen-bond donors (Lipinski definition) is 2. The van der Waals surface area contributed by atoms with Crippen molar-refractivity contribution in [2.75, 3.05) is 11.4 Å². The van der Waals surface area contributed by atoms with Gasteiger partial charge in [0.15, 0.2) is 0 Å². The number of aromatic nitrogens is 2. The summed E-state index contributed by atoms with van der Waals surface area (Å²) in [5.74, 6) is 0.793. The monoisotopic (exact) mass is 255 g/mol. The van der Waals surface area contributed by atoms with Gasteiger partial charge in [0.25, 0.3) is 0 Å². The summed E-state index contributed by atoms with van der Waals surface area (Å²) in [4.78, 5) is 10.7. The zero-order valence-electron chi connectivity index (χ0n) is 10.9. The highest BCUT2D eigenvalue weighted by atomic mass is 15.3. The molecule has 0 radical (unpaired) electrons. The average molecular weight is 255 g/mol. The quantitative estimate of drug-likeness (QED) is 0.634. The molecule has 5 nitrogen and oxygen atoms in total. The first kappa shape index (κ1) is 13.0. The van der Waals surface area contributed by atoms with Crippen molar-refractivity contribution >= 4 is 17.5 Å². The molecule has 19 heavy (non-hydrogen) atoms. The summed E-state index contributed by atoms with van der Waals surface area (Å²) in [6.45, 7) is 2.52. The van der Waals surface area contributed by atoms with Gasteiger partial charge in [-0.3, -0.25) is 5.41 Å². The molecule has 0 bridgehead atoms. The Morgan fingerprint density at radius 2 is 2.00 bits per heavy atom. The second-order valence-corrected chi connectivity index (χ2v) is 4.26. The van der Waals surface area contributed by atoms with Crippen molar-refractivity contribution in [3.05, 3.63) is 48.3 Å². The molecular weight excluding hydrogens is 238 g/mol. The van der Waals surface area contributed by atoms with Gasteiger partial charge in [0.1, 0.15) is 0 Å². The summed E-state index contributed by atoms with van der Waals surface area (Å²) in [7, 11) is 0. The van der Waals surface area contributed by atoms with E-state index < -0.39 is 0 Å². The Kier molecular flexibility index (Phi) is 4.07. The van der Waals surface area contributed by atoms with Gasteiger partial charge >= 0.3 is 0 Å². The minimum Gasteiger partial charge on any atom is -0.388 e. The second kappa shape index (κ2) is 5.95. The highest BCUT2D eigenvalue weighted by molar-refractivity contribution is 5.77. The molecule has 3 N–H and O–H groups in total. The SMILES string of the molecule is Cc1ccnc(N(CCC(=N)N)c2ccccc2)n1. The minimum atomic E-state index is 0.161. The molecule has 0 fully saturated rings. The highest BCUT2D eigenvalue weighted by Crippen LogP contribution is 2.21. The number of benzene rings is 1. The molecule has 0 unspecified atom stereocenters. The summed E-state index contributed by atoms with van der Waals surface area (Å²) >= 11 is 0. The van der Waals surface area contributed by atoms with E-state index in [4.69, 9.17) is 11.1 Å². The highest BCUT2D eigenvalue weighted by Gasteiger charge is 2.12. The smallest absolute Gasteiger partial charge is 0.230 e. The van der Waals surface area contributed by atoms with E-state index in [1.165, 1.54) is 0 Å². The van der Waals surface area contributed by atoms with Crippen LogP contribution >= 0.6 is 0 Å². The number of para-hydroxylation sites is 1. The number of rotatable bonds is 5. The van der Waals surface area contributed by atoms with Crippen molar-refractivity contribution in [3.8, 4) is 0 Å². The van der Waals surface area contributed by atoms with Gasteiger partial charge in [0.05, 0.1) is 5.84 Å². The third-order valence-electron chi connectivity index (χ3n) is 2.70. The van der Waals surface area contributed by atoms with E-state index >= 15 is 0 Å². The molecule has 5 heteroatoms. The van der Waals surface area contributed by atoms with Crippen LogP contribution in [0.15, 0.2) is 42.6 Å². The van der Waals surface area contributed by atoms with Crippen LogP contribution in [-0.4, -0.2) is 22.3 Å². The van der Waals surface area contributed by atoms with Crippen LogP contribution in [0.4, 0.5) is 11.6 Å². The molecule has 0 saturated heterocycles. The first-order valence-electron chi connectivity index (χ1n) is 6.12. The Hall–Kier alpha value is -2.43. The van der Waals surface area contributed by atoms with Gasteiger partial charge in [-0.1, -0.05) is 18.2 Å². The summed E-state index contributed by atoms with van der Waals surface area (Å²) in [5.41, 5.74) is 7.35. The summed E-state index contributed by atoms with van der Waals surface area (Å²) in [6.07, 6.45) is 2.22. The molecule has 98 valence electrons.